The molecule has 1 aliphatic heterocycles. The Labute approximate surface area is 233 Å². The number of rotatable bonds is 7. The van der Waals surface area contributed by atoms with Gasteiger partial charge in [0.2, 0.25) is 5.91 Å². The van der Waals surface area contributed by atoms with Gasteiger partial charge >= 0.3 is 0 Å². The largest absolute Gasteiger partial charge is 0.496 e. The number of allylic oxidation sites excluding steroid dienone is 1. The molecular formula is C31H32N4O5. The minimum atomic E-state index is -0.618. The highest BCUT2D eigenvalue weighted by molar-refractivity contribution is 6.01. The van der Waals surface area contributed by atoms with E-state index in [0.29, 0.717) is 29.7 Å². The van der Waals surface area contributed by atoms with Crippen molar-refractivity contribution in [1.29, 1.82) is 0 Å². The Morgan fingerprint density at radius 1 is 1.07 bits per heavy atom. The number of fused-ring (bicyclic) bond motifs is 1. The Morgan fingerprint density at radius 3 is 2.50 bits per heavy atom. The van der Waals surface area contributed by atoms with Crippen LogP contribution in [0.5, 0.6) is 5.75 Å². The number of methoxy groups -OCH3 is 1. The maximum Gasteiger partial charge on any atom is 0.269 e. The molecule has 9 heteroatoms. The van der Waals surface area contributed by atoms with Crippen LogP contribution in [0.4, 0.5) is 17.1 Å². The first kappa shape index (κ1) is 26.9. The minimum absolute atomic E-state index is 0.00524. The van der Waals surface area contributed by atoms with Gasteiger partial charge < -0.3 is 20.3 Å². The van der Waals surface area contributed by atoms with Gasteiger partial charge in [-0.15, -0.1) is 0 Å². The Bertz CT molecular complexity index is 1500. The highest BCUT2D eigenvalue weighted by atomic mass is 16.6. The summed E-state index contributed by atoms with van der Waals surface area (Å²) in [5, 5.41) is 17.9. The maximum absolute atomic E-state index is 13.8. The summed E-state index contributed by atoms with van der Waals surface area (Å²) in [5.74, 6) is 0.440. The second-order valence-electron chi connectivity index (χ2n) is 10.9. The summed E-state index contributed by atoms with van der Waals surface area (Å²) in [7, 11) is 1.59. The second-order valence-corrected chi connectivity index (χ2v) is 10.9. The van der Waals surface area contributed by atoms with Crippen LogP contribution in [0.25, 0.3) is 0 Å². The molecule has 2 aliphatic rings. The molecule has 9 nitrogen and oxygen atoms in total. The van der Waals surface area contributed by atoms with E-state index < -0.39 is 11.0 Å². The van der Waals surface area contributed by atoms with Crippen molar-refractivity contribution in [1.82, 2.24) is 5.32 Å². The van der Waals surface area contributed by atoms with Crippen LogP contribution < -0.4 is 20.3 Å². The van der Waals surface area contributed by atoms with Gasteiger partial charge in [0.25, 0.3) is 5.69 Å². The van der Waals surface area contributed by atoms with Crippen LogP contribution in [0.15, 0.2) is 84.1 Å². The average molecular weight is 541 g/mol. The lowest BCUT2D eigenvalue weighted by molar-refractivity contribution is -0.384. The fraction of sp³-hybridized carbons (Fsp3) is 0.290. The maximum atomic E-state index is 13.8. The minimum Gasteiger partial charge on any atom is -0.496 e. The smallest absolute Gasteiger partial charge is 0.269 e. The van der Waals surface area contributed by atoms with E-state index in [2.05, 4.69) is 24.5 Å². The van der Waals surface area contributed by atoms with Crippen LogP contribution in [0.2, 0.25) is 0 Å². The number of carbonyl (C=O) groups excluding carboxylic acids is 2. The zero-order chi connectivity index (χ0) is 28.4. The molecule has 0 saturated carbocycles. The number of nitrogens with zero attached hydrogens (tertiary/aromatic N) is 2. The standard InChI is InChI=1S/C31H32N4O5/c1-31(2)16-24-29(26(36)17-31)30(20-12-14-22(15-13-20)35(38)39)34(25-10-6-5-9-23(25)33-24)19-28(37)32-18-21-8-4-7-11-27(21)40-3/h4-15,30,33H,16-19H2,1-3H3,(H,32,37). The first-order chi connectivity index (χ1) is 19.2. The van der Waals surface area contributed by atoms with Crippen LogP contribution >= 0.6 is 0 Å². The number of nitro benzene ring substituents is 1. The molecule has 0 saturated heterocycles. The lowest BCUT2D eigenvalue weighted by atomic mass is 9.73. The fourth-order valence-corrected chi connectivity index (χ4v) is 5.61. The molecule has 3 aromatic rings. The molecule has 0 aromatic heterocycles. The average Bonchev–Trinajstić information content (AvgIpc) is 3.06. The van der Waals surface area contributed by atoms with Crippen molar-refractivity contribution in [2.45, 2.75) is 39.3 Å². The van der Waals surface area contributed by atoms with Crippen molar-refractivity contribution in [2.75, 3.05) is 23.9 Å². The molecule has 1 aliphatic carbocycles. The summed E-state index contributed by atoms with van der Waals surface area (Å²) >= 11 is 0. The molecule has 5 rings (SSSR count). The van der Waals surface area contributed by atoms with Gasteiger partial charge in [0, 0.05) is 41.9 Å². The van der Waals surface area contributed by atoms with Crippen molar-refractivity contribution >= 4 is 28.8 Å². The summed E-state index contributed by atoms with van der Waals surface area (Å²) < 4.78 is 5.42. The Balaban J connectivity index is 1.57. The van der Waals surface area contributed by atoms with Crippen LogP contribution in [-0.4, -0.2) is 30.3 Å². The molecule has 1 unspecified atom stereocenters. The first-order valence-electron chi connectivity index (χ1n) is 13.2. The number of anilines is 2. The molecular weight excluding hydrogens is 508 g/mol. The van der Waals surface area contributed by atoms with Crippen molar-refractivity contribution in [3.05, 3.63) is 105 Å². The number of benzene rings is 3. The van der Waals surface area contributed by atoms with Crippen molar-refractivity contribution in [3.63, 3.8) is 0 Å². The monoisotopic (exact) mass is 540 g/mol. The molecule has 1 atom stereocenters. The number of non-ortho nitro benzene ring substituents is 1. The number of nitro groups is 1. The van der Waals surface area contributed by atoms with Crippen molar-refractivity contribution in [3.8, 4) is 5.75 Å². The summed E-state index contributed by atoms with van der Waals surface area (Å²) in [5.41, 5.74) is 4.22. The quantitative estimate of drug-likeness (QED) is 0.299. The highest BCUT2D eigenvalue weighted by Crippen LogP contribution is 2.48. The van der Waals surface area contributed by atoms with E-state index in [0.717, 1.165) is 22.6 Å². The SMILES string of the molecule is COc1ccccc1CNC(=O)CN1c2ccccc2NC2=C(C(=O)CC(C)(C)C2)C1c1ccc([N+](=O)[O-])cc1. The van der Waals surface area contributed by atoms with Gasteiger partial charge in [0.1, 0.15) is 5.75 Å². The summed E-state index contributed by atoms with van der Waals surface area (Å²) in [6, 6.07) is 20.8. The summed E-state index contributed by atoms with van der Waals surface area (Å²) in [4.78, 5) is 40.1. The van der Waals surface area contributed by atoms with Gasteiger partial charge in [-0.25, -0.2) is 0 Å². The molecule has 2 N–H and O–H groups in total. The Morgan fingerprint density at radius 2 is 1.77 bits per heavy atom. The van der Waals surface area contributed by atoms with E-state index in [1.807, 2.05) is 53.4 Å². The molecule has 3 aromatic carbocycles. The molecule has 206 valence electrons. The first-order valence-corrected chi connectivity index (χ1v) is 13.2. The third-order valence-corrected chi connectivity index (χ3v) is 7.41. The van der Waals surface area contributed by atoms with Crippen molar-refractivity contribution in [2.24, 2.45) is 5.41 Å². The predicted molar refractivity (Wildman–Crippen MR) is 153 cm³/mol. The molecule has 1 heterocycles. The second kappa shape index (κ2) is 10.8. The van der Waals surface area contributed by atoms with Crippen LogP contribution in [0, 0.1) is 15.5 Å². The van der Waals surface area contributed by atoms with Gasteiger partial charge in [0.05, 0.1) is 36.0 Å². The third-order valence-electron chi connectivity index (χ3n) is 7.41. The molecule has 0 fully saturated rings. The summed E-state index contributed by atoms with van der Waals surface area (Å²) in [6.45, 7) is 4.37. The predicted octanol–water partition coefficient (Wildman–Crippen LogP) is 5.54. The fourth-order valence-electron chi connectivity index (χ4n) is 5.61. The molecule has 0 bridgehead atoms. The summed E-state index contributed by atoms with van der Waals surface area (Å²) in [6.07, 6.45) is 1.01. The van der Waals surface area contributed by atoms with Gasteiger partial charge in [-0.3, -0.25) is 19.7 Å². The van der Waals surface area contributed by atoms with Crippen molar-refractivity contribution < 1.29 is 19.2 Å². The van der Waals surface area contributed by atoms with E-state index in [1.165, 1.54) is 12.1 Å². The number of Topliss-reactive ketones (excluding diaryl/α,β-unsaturated/α-hetero) is 1. The van der Waals surface area contributed by atoms with E-state index in [4.69, 9.17) is 4.74 Å². The number of ether oxygens (including phenoxy) is 1. The number of nitrogens with one attached hydrogen (secondary N) is 2. The van der Waals surface area contributed by atoms with E-state index in [1.54, 1.807) is 19.2 Å². The molecule has 1 amide bonds. The zero-order valence-electron chi connectivity index (χ0n) is 22.8. The number of para-hydroxylation sites is 3. The molecule has 0 radical (unpaired) electrons. The van der Waals surface area contributed by atoms with Gasteiger partial charge in [-0.05, 0) is 47.7 Å². The third kappa shape index (κ3) is 5.40. The Hall–Kier alpha value is -4.66. The zero-order valence-corrected chi connectivity index (χ0v) is 22.8. The topological polar surface area (TPSA) is 114 Å². The number of carbonyl (C=O) groups is 2. The number of hydrogen-bond donors (Lipinski definition) is 2. The number of amides is 1. The van der Waals surface area contributed by atoms with Crippen LogP contribution in [-0.2, 0) is 16.1 Å². The molecule has 40 heavy (non-hydrogen) atoms. The lowest BCUT2D eigenvalue weighted by Gasteiger charge is -2.37. The van der Waals surface area contributed by atoms with E-state index >= 15 is 0 Å². The number of hydrogen-bond acceptors (Lipinski definition) is 7. The van der Waals surface area contributed by atoms with Gasteiger partial charge in [0.15, 0.2) is 5.78 Å². The lowest BCUT2D eigenvalue weighted by Crippen LogP contribution is -2.41. The Kier molecular flexibility index (Phi) is 7.30. The highest BCUT2D eigenvalue weighted by Gasteiger charge is 2.42. The van der Waals surface area contributed by atoms with Crippen LogP contribution in [0.1, 0.15) is 43.9 Å². The molecule has 0 spiro atoms. The number of ketones is 1. The van der Waals surface area contributed by atoms with Gasteiger partial charge in [-0.2, -0.15) is 0 Å². The van der Waals surface area contributed by atoms with E-state index in [-0.39, 0.29) is 35.9 Å². The van der Waals surface area contributed by atoms with E-state index in [9.17, 15) is 19.7 Å². The normalized spacial score (nSPS) is 17.7. The van der Waals surface area contributed by atoms with Crippen LogP contribution in [0.3, 0.4) is 0 Å². The van der Waals surface area contributed by atoms with Gasteiger partial charge in [-0.1, -0.05) is 44.2 Å².